The van der Waals surface area contributed by atoms with Crippen molar-refractivity contribution in [3.63, 3.8) is 0 Å². The van der Waals surface area contributed by atoms with Crippen LogP contribution in [0, 0.1) is 5.41 Å². The standard InChI is InChI=1S/C30H43BrO6S2/c1-28(2,3)17-25(38)21-15-24(34-8)22(16-23(21)37-35-9)29(4,5)18-26(39(10)33)19-11-13-20(14-12-19)36-27(32)30(6,7)31/h11-16,25-26,38H,17-18H2,1-10H3. The molecule has 0 heterocycles. The summed E-state index contributed by atoms with van der Waals surface area (Å²) in [5, 5.41) is -0.355. The first-order valence-electron chi connectivity index (χ1n) is 12.8. The van der Waals surface area contributed by atoms with Crippen LogP contribution in [0.1, 0.15) is 88.5 Å². The summed E-state index contributed by atoms with van der Waals surface area (Å²) in [6.07, 6.45) is 3.11. The van der Waals surface area contributed by atoms with Crippen molar-refractivity contribution in [1.29, 1.82) is 0 Å². The van der Waals surface area contributed by atoms with Gasteiger partial charge in [-0.05, 0) is 67.3 Å². The number of alkyl halides is 1. The molecule has 0 saturated carbocycles. The molecule has 218 valence electrons. The van der Waals surface area contributed by atoms with Gasteiger partial charge in [-0.1, -0.05) is 62.7 Å². The van der Waals surface area contributed by atoms with Crippen LogP contribution < -0.4 is 14.4 Å². The van der Waals surface area contributed by atoms with Crippen molar-refractivity contribution in [2.24, 2.45) is 5.41 Å². The van der Waals surface area contributed by atoms with Crippen molar-refractivity contribution in [1.82, 2.24) is 0 Å². The van der Waals surface area contributed by atoms with Crippen LogP contribution in [0.5, 0.6) is 17.2 Å². The fourth-order valence-electron chi connectivity index (χ4n) is 4.36. The number of carbonyl (C=O) groups is 1. The largest absolute Gasteiger partial charge is 0.496 e. The Balaban J connectivity index is 2.44. The van der Waals surface area contributed by atoms with E-state index in [0.29, 0.717) is 23.7 Å². The van der Waals surface area contributed by atoms with Crippen LogP contribution in [-0.4, -0.2) is 35.0 Å². The Morgan fingerprint density at radius 2 is 1.56 bits per heavy atom. The second-order valence-electron chi connectivity index (χ2n) is 12.1. The van der Waals surface area contributed by atoms with Crippen molar-refractivity contribution in [2.75, 3.05) is 20.5 Å². The third-order valence-corrected chi connectivity index (χ3v) is 8.47. The molecule has 0 amide bonds. The maximum atomic E-state index is 13.0. The number of ether oxygens (including phenoxy) is 2. The molecule has 3 unspecified atom stereocenters. The van der Waals surface area contributed by atoms with E-state index in [0.717, 1.165) is 23.1 Å². The quantitative estimate of drug-likeness (QED) is 0.0633. The number of thiol groups is 1. The van der Waals surface area contributed by atoms with Crippen molar-refractivity contribution < 1.29 is 28.3 Å². The van der Waals surface area contributed by atoms with Gasteiger partial charge in [0.1, 0.15) is 15.8 Å². The first-order valence-corrected chi connectivity index (χ1v) is 15.8. The van der Waals surface area contributed by atoms with Gasteiger partial charge < -0.3 is 14.4 Å². The number of carbonyl (C=O) groups excluding carboxylic acids is 1. The van der Waals surface area contributed by atoms with Crippen molar-refractivity contribution in [3.05, 3.63) is 53.1 Å². The van der Waals surface area contributed by atoms with E-state index >= 15 is 0 Å². The highest BCUT2D eigenvalue weighted by Crippen LogP contribution is 2.46. The Labute approximate surface area is 250 Å². The Kier molecular flexibility index (Phi) is 11.6. The average Bonchev–Trinajstić information content (AvgIpc) is 2.81. The lowest BCUT2D eigenvalue weighted by molar-refractivity contribution is -0.178. The van der Waals surface area contributed by atoms with Gasteiger partial charge in [0, 0.05) is 33.4 Å². The summed E-state index contributed by atoms with van der Waals surface area (Å²) >= 11 is 8.20. The molecule has 0 fully saturated rings. The number of methoxy groups -OCH3 is 1. The Bertz CT molecular complexity index is 1150. The maximum absolute atomic E-state index is 13.0. The molecule has 0 saturated heterocycles. The van der Waals surface area contributed by atoms with Crippen LogP contribution in [-0.2, 0) is 25.9 Å². The minimum Gasteiger partial charge on any atom is -0.496 e. The van der Waals surface area contributed by atoms with Crippen LogP contribution >= 0.6 is 28.6 Å². The van der Waals surface area contributed by atoms with Crippen LogP contribution in [0.15, 0.2) is 36.4 Å². The minimum atomic E-state index is -1.17. The van der Waals surface area contributed by atoms with E-state index in [1.807, 2.05) is 24.3 Å². The van der Waals surface area contributed by atoms with Gasteiger partial charge >= 0.3 is 5.97 Å². The molecular weight excluding hydrogens is 600 g/mol. The first kappa shape index (κ1) is 33.7. The Morgan fingerprint density at radius 1 is 0.974 bits per heavy atom. The molecule has 2 aromatic carbocycles. The Morgan fingerprint density at radius 3 is 2.03 bits per heavy atom. The van der Waals surface area contributed by atoms with E-state index in [-0.39, 0.29) is 21.9 Å². The van der Waals surface area contributed by atoms with Crippen LogP contribution in [0.25, 0.3) is 0 Å². The molecule has 0 aliphatic heterocycles. The molecule has 0 aliphatic carbocycles. The number of esters is 1. The van der Waals surface area contributed by atoms with Gasteiger partial charge in [0.2, 0.25) is 0 Å². The zero-order chi connectivity index (χ0) is 29.8. The average molecular weight is 644 g/mol. The Hall–Kier alpha value is -1.55. The molecule has 0 spiro atoms. The van der Waals surface area contributed by atoms with E-state index in [2.05, 4.69) is 50.5 Å². The second-order valence-corrected chi connectivity index (χ2v) is 16.3. The molecule has 39 heavy (non-hydrogen) atoms. The number of hydrogen-bond donors (Lipinski definition) is 1. The molecule has 0 aliphatic rings. The van der Waals surface area contributed by atoms with Gasteiger partial charge in [-0.3, -0.25) is 9.00 Å². The summed E-state index contributed by atoms with van der Waals surface area (Å²) in [4.78, 5) is 22.9. The van der Waals surface area contributed by atoms with E-state index in [9.17, 15) is 9.00 Å². The zero-order valence-electron chi connectivity index (χ0n) is 24.7. The molecule has 0 radical (unpaired) electrons. The highest BCUT2D eigenvalue weighted by atomic mass is 79.9. The molecule has 2 aromatic rings. The lowest BCUT2D eigenvalue weighted by atomic mass is 9.78. The molecule has 3 atom stereocenters. The van der Waals surface area contributed by atoms with E-state index in [1.165, 1.54) is 7.11 Å². The van der Waals surface area contributed by atoms with E-state index < -0.39 is 20.5 Å². The lowest BCUT2D eigenvalue weighted by Crippen LogP contribution is -2.29. The van der Waals surface area contributed by atoms with Crippen molar-refractivity contribution >= 4 is 45.3 Å². The summed E-state index contributed by atoms with van der Waals surface area (Å²) in [7, 11) is 1.96. The minimum absolute atomic E-state index is 0.0681. The van der Waals surface area contributed by atoms with Crippen molar-refractivity contribution in [2.45, 2.75) is 81.5 Å². The summed E-state index contributed by atoms with van der Waals surface area (Å²) in [5.74, 6) is 1.35. The number of hydrogen-bond acceptors (Lipinski definition) is 7. The summed E-state index contributed by atoms with van der Waals surface area (Å²) in [5.41, 5.74) is 2.31. The van der Waals surface area contributed by atoms with E-state index in [4.69, 9.17) is 31.9 Å². The van der Waals surface area contributed by atoms with Gasteiger partial charge in [-0.2, -0.15) is 17.5 Å². The number of halogens is 1. The predicted molar refractivity (Wildman–Crippen MR) is 166 cm³/mol. The normalized spacial score (nSPS) is 14.9. The highest BCUT2D eigenvalue weighted by Gasteiger charge is 2.33. The molecule has 2 rings (SSSR count). The van der Waals surface area contributed by atoms with Gasteiger partial charge in [0.25, 0.3) is 0 Å². The predicted octanol–water partition coefficient (Wildman–Crippen LogP) is 7.91. The first-order chi connectivity index (χ1) is 17.9. The monoisotopic (exact) mass is 642 g/mol. The molecular formula is C30H43BrO6S2. The molecule has 6 nitrogen and oxygen atoms in total. The van der Waals surface area contributed by atoms with Crippen LogP contribution in [0.4, 0.5) is 0 Å². The fraction of sp³-hybridized carbons (Fsp3) is 0.567. The van der Waals surface area contributed by atoms with Crippen LogP contribution in [0.2, 0.25) is 0 Å². The molecule has 9 heteroatoms. The summed E-state index contributed by atoms with van der Waals surface area (Å²) in [6.45, 7) is 14.2. The second kappa shape index (κ2) is 13.4. The maximum Gasteiger partial charge on any atom is 0.327 e. The lowest BCUT2D eigenvalue weighted by Gasteiger charge is -2.32. The third kappa shape index (κ3) is 9.51. The smallest absolute Gasteiger partial charge is 0.327 e. The molecule has 0 aromatic heterocycles. The van der Waals surface area contributed by atoms with Crippen LogP contribution in [0.3, 0.4) is 0 Å². The van der Waals surface area contributed by atoms with Gasteiger partial charge in [0.05, 0.1) is 19.5 Å². The molecule has 0 bridgehead atoms. The number of benzene rings is 2. The topological polar surface area (TPSA) is 71.1 Å². The highest BCUT2D eigenvalue weighted by molar-refractivity contribution is 9.10. The zero-order valence-corrected chi connectivity index (χ0v) is 28.0. The van der Waals surface area contributed by atoms with Gasteiger partial charge in [-0.25, -0.2) is 0 Å². The van der Waals surface area contributed by atoms with Gasteiger partial charge in [0.15, 0.2) is 5.75 Å². The van der Waals surface area contributed by atoms with E-state index in [1.54, 1.807) is 39.3 Å². The third-order valence-electron chi connectivity index (χ3n) is 6.44. The fourth-order valence-corrected chi connectivity index (χ4v) is 6.39. The SMILES string of the molecule is COOc1cc(C(C)(C)CC(c2ccc(OC(=O)C(C)(C)Br)cc2)S(C)=O)c(OC)cc1C(S)CC(C)(C)C. The summed E-state index contributed by atoms with van der Waals surface area (Å²) in [6, 6.07) is 11.1. The van der Waals surface area contributed by atoms with Gasteiger partial charge in [-0.15, -0.1) is 0 Å². The summed E-state index contributed by atoms with van der Waals surface area (Å²) < 4.78 is 23.5. The number of rotatable bonds is 12. The molecule has 0 N–H and O–H groups in total. The van der Waals surface area contributed by atoms with Crippen molar-refractivity contribution in [3.8, 4) is 17.2 Å².